The summed E-state index contributed by atoms with van der Waals surface area (Å²) in [6.45, 7) is 5.71. The third kappa shape index (κ3) is 6.02. The zero-order chi connectivity index (χ0) is 21.2. The highest BCUT2D eigenvalue weighted by atomic mass is 19.1. The van der Waals surface area contributed by atoms with Crippen LogP contribution in [0.15, 0.2) is 73.6 Å². The number of alkyl halides is 1. The second-order valence-electron chi connectivity index (χ2n) is 6.93. The topological polar surface area (TPSA) is 35.0 Å². The maximum atomic E-state index is 12.9. The van der Waals surface area contributed by atoms with Crippen LogP contribution in [0.4, 0.5) is 4.39 Å². The van der Waals surface area contributed by atoms with Gasteiger partial charge in [0.2, 0.25) is 0 Å². The van der Waals surface area contributed by atoms with Crippen LogP contribution in [0, 0.1) is 11.8 Å². The summed E-state index contributed by atoms with van der Waals surface area (Å²) in [7, 11) is 0. The van der Waals surface area contributed by atoms with Crippen LogP contribution in [0.2, 0.25) is 0 Å². The van der Waals surface area contributed by atoms with Gasteiger partial charge in [0.15, 0.2) is 0 Å². The van der Waals surface area contributed by atoms with Crippen molar-refractivity contribution in [3.8, 4) is 40.1 Å². The molecule has 3 nitrogen and oxygen atoms in total. The fourth-order valence-corrected chi connectivity index (χ4v) is 3.01. The number of hydrogen-bond donors (Lipinski definition) is 0. The monoisotopic (exact) mass is 400 g/mol. The van der Waals surface area contributed by atoms with E-state index >= 15 is 0 Å². The van der Waals surface area contributed by atoms with Gasteiger partial charge in [-0.05, 0) is 56.2 Å². The molecule has 0 radical (unpaired) electrons. The normalized spacial score (nSPS) is 11.3. The summed E-state index contributed by atoms with van der Waals surface area (Å²) in [6, 6.07) is 15.7. The smallest absolute Gasteiger partial charge is 0.119 e. The first-order valence-corrected chi connectivity index (χ1v) is 10.1. The van der Waals surface area contributed by atoms with Crippen molar-refractivity contribution in [3.05, 3.63) is 79.1 Å². The molecular weight excluding hydrogens is 375 g/mol. The third-order valence-corrected chi connectivity index (χ3v) is 4.47. The maximum Gasteiger partial charge on any atom is 0.119 e. The second kappa shape index (κ2) is 10.9. The Labute approximate surface area is 177 Å². The van der Waals surface area contributed by atoms with Crippen molar-refractivity contribution in [2.75, 3.05) is 6.61 Å². The summed E-state index contributed by atoms with van der Waals surface area (Å²) in [5.74, 6) is 7.08. The van der Waals surface area contributed by atoms with Gasteiger partial charge in [-0.15, -0.1) is 0 Å². The summed E-state index contributed by atoms with van der Waals surface area (Å²) in [5.41, 5.74) is 4.42. The number of benzene rings is 2. The van der Waals surface area contributed by atoms with E-state index in [1.807, 2.05) is 48.5 Å². The molecule has 1 unspecified atom stereocenters. The van der Waals surface area contributed by atoms with Crippen molar-refractivity contribution in [2.24, 2.45) is 0 Å². The minimum absolute atomic E-state index is 0.469. The highest BCUT2D eigenvalue weighted by Gasteiger charge is 2.10. The predicted octanol–water partition coefficient (Wildman–Crippen LogP) is 6.26. The van der Waals surface area contributed by atoms with Gasteiger partial charge >= 0.3 is 0 Å². The van der Waals surface area contributed by atoms with Crippen LogP contribution in [0.5, 0.6) is 5.75 Å². The second-order valence-corrected chi connectivity index (χ2v) is 6.93. The minimum Gasteiger partial charge on any atom is -0.490 e. The molecule has 4 heteroatoms. The van der Waals surface area contributed by atoms with Gasteiger partial charge in [-0.1, -0.05) is 36.6 Å². The summed E-state index contributed by atoms with van der Waals surface area (Å²) >= 11 is 0. The Morgan fingerprint density at radius 3 is 2.50 bits per heavy atom. The number of unbranched alkanes of at least 4 members (excludes halogenated alkanes) is 1. The molecule has 0 spiro atoms. The highest BCUT2D eigenvalue weighted by Crippen LogP contribution is 2.29. The fraction of sp³-hybridized carbons (Fsp3) is 0.231. The summed E-state index contributed by atoms with van der Waals surface area (Å²) in [4.78, 5) is 9.13. The minimum atomic E-state index is -0.771. The number of halogens is 1. The van der Waals surface area contributed by atoms with Crippen molar-refractivity contribution in [1.82, 2.24) is 9.97 Å². The average molecular weight is 400 g/mol. The first-order chi connectivity index (χ1) is 14.7. The van der Waals surface area contributed by atoms with E-state index in [0.29, 0.717) is 19.4 Å². The molecule has 30 heavy (non-hydrogen) atoms. The van der Waals surface area contributed by atoms with Crippen LogP contribution >= 0.6 is 0 Å². The molecule has 0 saturated heterocycles. The lowest BCUT2D eigenvalue weighted by molar-refractivity contribution is 0.336. The lowest BCUT2D eigenvalue weighted by Crippen LogP contribution is -1.94. The molecule has 3 aromatic rings. The van der Waals surface area contributed by atoms with Crippen molar-refractivity contribution in [1.29, 1.82) is 0 Å². The molecule has 0 N–H and O–H groups in total. The van der Waals surface area contributed by atoms with Crippen LogP contribution in [-0.2, 0) is 0 Å². The maximum absolute atomic E-state index is 12.9. The molecule has 0 aliphatic heterocycles. The van der Waals surface area contributed by atoms with Gasteiger partial charge in [0, 0.05) is 35.5 Å². The molecular formula is C26H25FN2O. The molecule has 0 fully saturated rings. The average Bonchev–Trinajstić information content (AvgIpc) is 2.78. The first-order valence-electron chi connectivity index (χ1n) is 10.1. The number of rotatable bonds is 8. The molecule has 2 aromatic carbocycles. The van der Waals surface area contributed by atoms with Crippen molar-refractivity contribution in [3.63, 3.8) is 0 Å². The van der Waals surface area contributed by atoms with Gasteiger partial charge in [0.05, 0.1) is 17.6 Å². The van der Waals surface area contributed by atoms with E-state index in [9.17, 15) is 4.39 Å². The Morgan fingerprint density at radius 2 is 1.80 bits per heavy atom. The highest BCUT2D eigenvalue weighted by molar-refractivity contribution is 5.78. The Hall–Kier alpha value is -3.45. The standard InChI is InChI=1S/C26H25FN2O/c1-3-18-30-24-14-12-22(13-15-24)25-26(29-17-16-28-25)23-11-7-10-21(19-23)9-6-4-5-8-20(2)27/h3,7,10-17,19-20H,1,4-5,8,18H2,2H3. The van der Waals surface area contributed by atoms with Crippen LogP contribution in [-0.4, -0.2) is 22.7 Å². The zero-order valence-electron chi connectivity index (χ0n) is 17.1. The van der Waals surface area contributed by atoms with E-state index in [-0.39, 0.29) is 0 Å². The van der Waals surface area contributed by atoms with Crippen molar-refractivity contribution in [2.45, 2.75) is 32.4 Å². The fourth-order valence-electron chi connectivity index (χ4n) is 3.01. The van der Waals surface area contributed by atoms with Gasteiger partial charge in [0.1, 0.15) is 12.4 Å². The number of nitrogens with zero attached hydrogens (tertiary/aromatic N) is 2. The Kier molecular flexibility index (Phi) is 7.74. The predicted molar refractivity (Wildman–Crippen MR) is 120 cm³/mol. The zero-order valence-corrected chi connectivity index (χ0v) is 17.1. The Bertz CT molecular complexity index is 1030. The molecule has 152 valence electrons. The lowest BCUT2D eigenvalue weighted by Gasteiger charge is -2.09. The van der Waals surface area contributed by atoms with Gasteiger partial charge < -0.3 is 4.74 Å². The number of aromatic nitrogens is 2. The number of hydrogen-bond acceptors (Lipinski definition) is 3. The molecule has 3 rings (SSSR count). The molecule has 0 bridgehead atoms. The number of ether oxygens (including phenoxy) is 1. The van der Waals surface area contributed by atoms with Crippen LogP contribution in [0.3, 0.4) is 0 Å². The third-order valence-electron chi connectivity index (χ3n) is 4.47. The van der Waals surface area contributed by atoms with E-state index < -0.39 is 6.17 Å². The largest absolute Gasteiger partial charge is 0.490 e. The Balaban J connectivity index is 1.82. The summed E-state index contributed by atoms with van der Waals surface area (Å²) < 4.78 is 18.4. The molecule has 1 aromatic heterocycles. The van der Waals surface area contributed by atoms with Gasteiger partial charge in [-0.25, -0.2) is 4.39 Å². The van der Waals surface area contributed by atoms with Gasteiger partial charge in [0.25, 0.3) is 0 Å². The molecule has 0 amide bonds. The van der Waals surface area contributed by atoms with E-state index in [1.165, 1.54) is 0 Å². The lowest BCUT2D eigenvalue weighted by atomic mass is 10.0. The van der Waals surface area contributed by atoms with Gasteiger partial charge in [-0.2, -0.15) is 0 Å². The quantitative estimate of drug-likeness (QED) is 0.254. The van der Waals surface area contributed by atoms with Crippen LogP contribution in [0.25, 0.3) is 22.5 Å². The first kappa shape index (κ1) is 21.3. The van der Waals surface area contributed by atoms with Crippen LogP contribution in [0.1, 0.15) is 31.7 Å². The molecule has 0 aliphatic rings. The summed E-state index contributed by atoms with van der Waals surface area (Å²) in [5, 5.41) is 0. The van der Waals surface area contributed by atoms with E-state index in [2.05, 4.69) is 28.4 Å². The van der Waals surface area contributed by atoms with E-state index in [0.717, 1.165) is 40.2 Å². The molecule has 0 saturated carbocycles. The van der Waals surface area contributed by atoms with Gasteiger partial charge in [-0.3, -0.25) is 9.97 Å². The molecule has 1 atom stereocenters. The van der Waals surface area contributed by atoms with E-state index in [4.69, 9.17) is 4.74 Å². The van der Waals surface area contributed by atoms with Crippen molar-refractivity contribution < 1.29 is 9.13 Å². The van der Waals surface area contributed by atoms with Crippen molar-refractivity contribution >= 4 is 0 Å². The summed E-state index contributed by atoms with van der Waals surface area (Å²) in [6.07, 6.45) is 6.34. The van der Waals surface area contributed by atoms with Crippen LogP contribution < -0.4 is 4.74 Å². The Morgan fingerprint density at radius 1 is 1.07 bits per heavy atom. The SMILES string of the molecule is C=CCOc1ccc(-c2nccnc2-c2cccc(C#CCCCC(C)F)c2)cc1. The molecule has 1 heterocycles. The van der Waals surface area contributed by atoms with E-state index in [1.54, 1.807) is 25.4 Å². The molecule has 0 aliphatic carbocycles.